The summed E-state index contributed by atoms with van der Waals surface area (Å²) in [5, 5.41) is 13.9. The van der Waals surface area contributed by atoms with Crippen molar-refractivity contribution in [2.45, 2.75) is 43.0 Å². The number of nitrogens with one attached hydrogen (secondary N) is 1. The standard InChI is InChI=1S/C33H33N5O6/c1-32-27(43-31(41-3)44-32)25(18-39)42-30(32)38-20-36-26-28(34-19-35-29(26)38)37-33(21-10-6-4-7-11-21,22-12-8-5-9-13-22)23-14-16-24(40-2)17-15-23/h4-17,19-20,25,27,30-31,39H,18H2,1-3H3,(H,34,35,37)/t25?,27-,30-,31?,32-/m1/s1. The Morgan fingerprint density at radius 2 is 1.55 bits per heavy atom. The van der Waals surface area contributed by atoms with Crippen molar-refractivity contribution in [3.05, 3.63) is 114 Å². The van der Waals surface area contributed by atoms with Crippen molar-refractivity contribution in [3.63, 3.8) is 0 Å². The SMILES string of the molecule is COc1ccc(C(Nc2ncnc3c2ncn3[C@@H]2OC(CO)[C@H]3OC(OC)O[C@]32C)(c2ccccc2)c2ccccc2)cc1. The molecular weight excluding hydrogens is 562 g/mol. The third-order valence-corrected chi connectivity index (χ3v) is 8.53. The number of benzene rings is 3. The summed E-state index contributed by atoms with van der Waals surface area (Å²) in [6.45, 7) is 0.751. The molecule has 2 N–H and O–H groups in total. The van der Waals surface area contributed by atoms with Crippen LogP contribution in [0, 0.1) is 0 Å². The molecule has 11 heteroatoms. The molecule has 44 heavy (non-hydrogen) atoms. The predicted octanol–water partition coefficient (Wildman–Crippen LogP) is 4.23. The monoisotopic (exact) mass is 595 g/mol. The van der Waals surface area contributed by atoms with Gasteiger partial charge in [-0.3, -0.25) is 4.57 Å². The summed E-state index contributed by atoms with van der Waals surface area (Å²) in [6, 6.07) is 28.4. The number of ether oxygens (including phenoxy) is 5. The van der Waals surface area contributed by atoms with Crippen molar-refractivity contribution in [2.24, 2.45) is 0 Å². The van der Waals surface area contributed by atoms with Crippen LogP contribution in [0.15, 0.2) is 97.6 Å². The zero-order valence-corrected chi connectivity index (χ0v) is 24.5. The summed E-state index contributed by atoms with van der Waals surface area (Å²) in [6.07, 6.45) is 1.27. The minimum absolute atomic E-state index is 0.247. The first-order chi connectivity index (χ1) is 21.5. The summed E-state index contributed by atoms with van der Waals surface area (Å²) < 4.78 is 30.9. The second kappa shape index (κ2) is 11.3. The molecule has 0 amide bonds. The number of aliphatic hydroxyl groups excluding tert-OH is 1. The maximum Gasteiger partial charge on any atom is 0.272 e. The third kappa shape index (κ3) is 4.44. The Morgan fingerprint density at radius 1 is 0.886 bits per heavy atom. The predicted molar refractivity (Wildman–Crippen MR) is 161 cm³/mol. The van der Waals surface area contributed by atoms with Crippen molar-refractivity contribution >= 4 is 17.0 Å². The van der Waals surface area contributed by atoms with Gasteiger partial charge in [0.15, 0.2) is 23.2 Å². The molecular formula is C33H33N5O6. The largest absolute Gasteiger partial charge is 0.497 e. The lowest BCUT2D eigenvalue weighted by molar-refractivity contribution is -0.269. The minimum atomic E-state index is -0.971. The van der Waals surface area contributed by atoms with Crippen LogP contribution in [0.1, 0.15) is 29.8 Å². The van der Waals surface area contributed by atoms with Gasteiger partial charge in [-0.25, -0.2) is 15.0 Å². The first-order valence-electron chi connectivity index (χ1n) is 14.4. The molecule has 0 spiro atoms. The molecule has 226 valence electrons. The molecule has 0 aliphatic carbocycles. The fourth-order valence-corrected chi connectivity index (χ4v) is 6.40. The molecule has 7 rings (SSSR count). The van der Waals surface area contributed by atoms with Crippen molar-refractivity contribution < 1.29 is 28.8 Å². The van der Waals surface area contributed by atoms with Crippen molar-refractivity contribution in [1.29, 1.82) is 0 Å². The Kier molecular flexibility index (Phi) is 7.27. The highest BCUT2D eigenvalue weighted by molar-refractivity contribution is 5.84. The fraction of sp³-hybridized carbons (Fsp3) is 0.303. The molecule has 2 aliphatic heterocycles. The van der Waals surface area contributed by atoms with E-state index in [2.05, 4.69) is 46.7 Å². The molecule has 2 unspecified atom stereocenters. The van der Waals surface area contributed by atoms with Crippen LogP contribution in [0.25, 0.3) is 11.2 Å². The Hall–Kier alpha value is -4.39. The van der Waals surface area contributed by atoms with E-state index >= 15 is 0 Å². The van der Waals surface area contributed by atoms with E-state index in [0.29, 0.717) is 17.0 Å². The zero-order valence-electron chi connectivity index (χ0n) is 24.5. The van der Waals surface area contributed by atoms with E-state index in [9.17, 15) is 5.11 Å². The van der Waals surface area contributed by atoms with Crippen LogP contribution >= 0.6 is 0 Å². The number of rotatable bonds is 9. The number of aliphatic hydroxyl groups is 1. The Balaban J connectivity index is 1.38. The molecule has 4 heterocycles. The molecule has 2 fully saturated rings. The van der Waals surface area contributed by atoms with E-state index < -0.39 is 36.1 Å². The second-order valence-electron chi connectivity index (χ2n) is 11.0. The highest BCUT2D eigenvalue weighted by Crippen LogP contribution is 2.49. The van der Waals surface area contributed by atoms with Gasteiger partial charge in [-0.05, 0) is 35.7 Å². The third-order valence-electron chi connectivity index (χ3n) is 8.53. The average Bonchev–Trinajstić information content (AvgIpc) is 3.74. The van der Waals surface area contributed by atoms with Gasteiger partial charge in [-0.2, -0.15) is 0 Å². The molecule has 0 radical (unpaired) electrons. The molecule has 0 saturated carbocycles. The van der Waals surface area contributed by atoms with Gasteiger partial charge in [0.2, 0.25) is 0 Å². The molecule has 2 aromatic heterocycles. The lowest BCUT2D eigenvalue weighted by Gasteiger charge is -2.37. The summed E-state index contributed by atoms with van der Waals surface area (Å²) in [7, 11) is 3.16. The smallest absolute Gasteiger partial charge is 0.272 e. The first-order valence-corrected chi connectivity index (χ1v) is 14.4. The van der Waals surface area contributed by atoms with Gasteiger partial charge >= 0.3 is 0 Å². The number of anilines is 1. The molecule has 11 nitrogen and oxygen atoms in total. The summed E-state index contributed by atoms with van der Waals surface area (Å²) in [5.74, 6) is 1.28. The topological polar surface area (TPSA) is 122 Å². The van der Waals surface area contributed by atoms with Gasteiger partial charge in [-0.1, -0.05) is 72.8 Å². The number of hydrogen-bond acceptors (Lipinski definition) is 10. The highest BCUT2D eigenvalue weighted by Gasteiger charge is 2.62. The fourth-order valence-electron chi connectivity index (χ4n) is 6.40. The number of hydrogen-bond donors (Lipinski definition) is 2. The maximum absolute atomic E-state index is 10.1. The molecule has 5 aromatic rings. The lowest BCUT2D eigenvalue weighted by Crippen LogP contribution is -2.42. The van der Waals surface area contributed by atoms with Gasteiger partial charge in [-0.15, -0.1) is 0 Å². The number of methoxy groups -OCH3 is 2. The van der Waals surface area contributed by atoms with Crippen LogP contribution in [-0.4, -0.2) is 69.7 Å². The van der Waals surface area contributed by atoms with E-state index in [0.717, 1.165) is 22.4 Å². The van der Waals surface area contributed by atoms with E-state index in [1.807, 2.05) is 55.5 Å². The lowest BCUT2D eigenvalue weighted by atomic mass is 9.77. The van der Waals surface area contributed by atoms with Crippen LogP contribution in [0.3, 0.4) is 0 Å². The van der Waals surface area contributed by atoms with Crippen LogP contribution < -0.4 is 10.1 Å². The maximum atomic E-state index is 10.1. The highest BCUT2D eigenvalue weighted by atomic mass is 16.9. The van der Waals surface area contributed by atoms with Gasteiger partial charge in [0, 0.05) is 7.11 Å². The van der Waals surface area contributed by atoms with Gasteiger partial charge in [0.25, 0.3) is 6.48 Å². The second-order valence-corrected chi connectivity index (χ2v) is 11.0. The number of aromatic nitrogens is 4. The van der Waals surface area contributed by atoms with Crippen LogP contribution in [0.5, 0.6) is 5.75 Å². The van der Waals surface area contributed by atoms with Gasteiger partial charge in [0.1, 0.15) is 35.4 Å². The molecule has 5 atom stereocenters. The van der Waals surface area contributed by atoms with E-state index in [-0.39, 0.29) is 6.61 Å². The average molecular weight is 596 g/mol. The molecule has 2 aliphatic rings. The van der Waals surface area contributed by atoms with E-state index in [1.165, 1.54) is 13.4 Å². The van der Waals surface area contributed by atoms with E-state index in [4.69, 9.17) is 33.7 Å². The van der Waals surface area contributed by atoms with E-state index in [1.54, 1.807) is 18.0 Å². The summed E-state index contributed by atoms with van der Waals surface area (Å²) in [4.78, 5) is 14.1. The van der Waals surface area contributed by atoms with Crippen LogP contribution in [-0.2, 0) is 24.5 Å². The summed E-state index contributed by atoms with van der Waals surface area (Å²) in [5.41, 5.74) is 2.22. The molecule has 3 aromatic carbocycles. The molecule has 0 bridgehead atoms. The Morgan fingerprint density at radius 3 is 2.16 bits per heavy atom. The summed E-state index contributed by atoms with van der Waals surface area (Å²) >= 11 is 0. The first kappa shape index (κ1) is 28.4. The normalized spacial score (nSPS) is 24.8. The Labute approximate surface area is 254 Å². The number of fused-ring (bicyclic) bond motifs is 2. The number of imidazole rings is 1. The van der Waals surface area contributed by atoms with Gasteiger partial charge < -0.3 is 34.1 Å². The quantitative estimate of drug-likeness (QED) is 0.240. The number of nitrogens with zero attached hydrogens (tertiary/aromatic N) is 4. The molecule has 2 saturated heterocycles. The minimum Gasteiger partial charge on any atom is -0.497 e. The van der Waals surface area contributed by atoms with Crippen molar-refractivity contribution in [1.82, 2.24) is 19.5 Å². The van der Waals surface area contributed by atoms with Gasteiger partial charge in [0.05, 0.1) is 20.0 Å². The van der Waals surface area contributed by atoms with Crippen LogP contribution in [0.4, 0.5) is 5.82 Å². The Bertz CT molecular complexity index is 1700. The van der Waals surface area contributed by atoms with Crippen LogP contribution in [0.2, 0.25) is 0 Å². The zero-order chi connectivity index (χ0) is 30.3. The van der Waals surface area contributed by atoms with Crippen molar-refractivity contribution in [3.8, 4) is 5.75 Å². The van der Waals surface area contributed by atoms with Crippen molar-refractivity contribution in [2.75, 3.05) is 26.1 Å².